The fourth-order valence-electron chi connectivity index (χ4n) is 2.62. The third-order valence-corrected chi connectivity index (χ3v) is 5.76. The zero-order valence-electron chi connectivity index (χ0n) is 12.6. The van der Waals surface area contributed by atoms with Crippen LogP contribution in [0.1, 0.15) is 18.4 Å². The van der Waals surface area contributed by atoms with Crippen molar-refractivity contribution < 1.29 is 21.6 Å². The molecule has 1 N–H and O–H groups in total. The molecule has 1 aromatic carbocycles. The molecule has 0 aromatic heterocycles. The van der Waals surface area contributed by atoms with E-state index >= 15 is 0 Å². The van der Waals surface area contributed by atoms with Gasteiger partial charge in [0.1, 0.15) is 0 Å². The summed E-state index contributed by atoms with van der Waals surface area (Å²) in [6.45, 7) is 1.49. The van der Waals surface area contributed by atoms with Gasteiger partial charge in [-0.25, -0.2) is 8.42 Å². The van der Waals surface area contributed by atoms with E-state index in [1.54, 1.807) is 0 Å². The summed E-state index contributed by atoms with van der Waals surface area (Å²) >= 11 is 0. The van der Waals surface area contributed by atoms with Crippen LogP contribution in [0.15, 0.2) is 29.2 Å². The first-order valence-corrected chi connectivity index (χ1v) is 8.51. The zero-order chi connectivity index (χ0) is 16.4. The summed E-state index contributed by atoms with van der Waals surface area (Å²) in [7, 11) is -2.03. The van der Waals surface area contributed by atoms with Crippen LogP contribution in [0, 0.1) is 5.92 Å². The summed E-state index contributed by atoms with van der Waals surface area (Å²) in [6.07, 6.45) is -3.14. The monoisotopic (exact) mass is 372 g/mol. The molecule has 0 amide bonds. The summed E-state index contributed by atoms with van der Waals surface area (Å²) in [5.74, 6) is 0.401. The molecule has 132 valence electrons. The molecule has 1 aliphatic heterocycles. The number of nitrogens with one attached hydrogen (secondary N) is 1. The van der Waals surface area contributed by atoms with E-state index in [1.165, 1.54) is 10.4 Å². The summed E-state index contributed by atoms with van der Waals surface area (Å²) in [4.78, 5) is -0.297. The van der Waals surface area contributed by atoms with Crippen LogP contribution < -0.4 is 5.32 Å². The van der Waals surface area contributed by atoms with Crippen molar-refractivity contribution in [2.24, 2.45) is 5.92 Å². The van der Waals surface area contributed by atoms with Crippen molar-refractivity contribution in [2.45, 2.75) is 23.9 Å². The maximum Gasteiger partial charge on any atom is 0.416 e. The van der Waals surface area contributed by atoms with Gasteiger partial charge in [-0.3, -0.25) is 0 Å². The van der Waals surface area contributed by atoms with E-state index in [-0.39, 0.29) is 17.3 Å². The maximum atomic E-state index is 12.7. The Hall–Kier alpha value is -0.830. The van der Waals surface area contributed by atoms with E-state index in [0.717, 1.165) is 18.7 Å². The number of benzene rings is 1. The molecule has 0 atom stereocenters. The lowest BCUT2D eigenvalue weighted by molar-refractivity contribution is -0.137. The fraction of sp³-hybridized carbons (Fsp3) is 0.571. The Bertz CT molecular complexity index is 615. The Morgan fingerprint density at radius 1 is 1.26 bits per heavy atom. The molecule has 0 unspecified atom stereocenters. The molecule has 23 heavy (non-hydrogen) atoms. The molecule has 1 aromatic rings. The number of rotatable bonds is 4. The van der Waals surface area contributed by atoms with Crippen molar-refractivity contribution in [3.8, 4) is 0 Å². The van der Waals surface area contributed by atoms with Crippen LogP contribution in [0.4, 0.5) is 13.2 Å². The summed E-state index contributed by atoms with van der Waals surface area (Å²) < 4.78 is 64.4. The first-order valence-electron chi connectivity index (χ1n) is 7.07. The van der Waals surface area contributed by atoms with Crippen LogP contribution in [0.25, 0.3) is 0 Å². The Morgan fingerprint density at radius 3 is 2.39 bits per heavy atom. The topological polar surface area (TPSA) is 49.4 Å². The third kappa shape index (κ3) is 4.82. The van der Waals surface area contributed by atoms with Gasteiger partial charge in [-0.2, -0.15) is 17.5 Å². The smallest absolute Gasteiger partial charge is 0.319 e. The van der Waals surface area contributed by atoms with Gasteiger partial charge in [0.15, 0.2) is 0 Å². The van der Waals surface area contributed by atoms with Crippen LogP contribution in [0.2, 0.25) is 0 Å². The Labute approximate surface area is 140 Å². The molecule has 0 aliphatic carbocycles. The predicted octanol–water partition coefficient (Wildman–Crippen LogP) is 2.75. The van der Waals surface area contributed by atoms with Gasteiger partial charge in [-0.1, -0.05) is 6.07 Å². The second kappa shape index (κ2) is 7.83. The Kier molecular flexibility index (Phi) is 6.88. The van der Waals surface area contributed by atoms with Crippen LogP contribution >= 0.6 is 12.4 Å². The molecule has 1 aliphatic rings. The Morgan fingerprint density at radius 2 is 1.87 bits per heavy atom. The third-order valence-electron chi connectivity index (χ3n) is 3.87. The van der Waals surface area contributed by atoms with Crippen LogP contribution in [-0.2, 0) is 16.2 Å². The number of halogens is 4. The van der Waals surface area contributed by atoms with Gasteiger partial charge in [0.25, 0.3) is 0 Å². The molecule has 4 nitrogen and oxygen atoms in total. The van der Waals surface area contributed by atoms with Gasteiger partial charge in [0.05, 0.1) is 10.5 Å². The molecule has 1 saturated heterocycles. The normalized spacial score (nSPS) is 17.7. The Balaban J connectivity index is 0.00000264. The van der Waals surface area contributed by atoms with E-state index in [4.69, 9.17) is 0 Å². The van der Waals surface area contributed by atoms with Gasteiger partial charge in [-0.15, -0.1) is 12.4 Å². The number of piperidine rings is 1. The number of nitrogens with zero attached hydrogens (tertiary/aromatic N) is 1. The van der Waals surface area contributed by atoms with Gasteiger partial charge >= 0.3 is 6.18 Å². The highest BCUT2D eigenvalue weighted by Gasteiger charge is 2.34. The van der Waals surface area contributed by atoms with Crippen LogP contribution in [0.5, 0.6) is 0 Å². The standard InChI is InChI=1S/C14H19F3N2O2S.ClH/c1-18-10-11-5-7-19(8-6-11)22(20,21)13-4-2-3-12(9-13)14(15,16)17;/h2-4,9,11,18H,5-8,10H2,1H3;1H. The van der Waals surface area contributed by atoms with E-state index < -0.39 is 21.8 Å². The minimum Gasteiger partial charge on any atom is -0.319 e. The van der Waals surface area contributed by atoms with Crippen molar-refractivity contribution in [1.29, 1.82) is 0 Å². The number of alkyl halides is 3. The second-order valence-corrected chi connectivity index (χ2v) is 7.37. The average molecular weight is 373 g/mol. The van der Waals surface area contributed by atoms with Crippen molar-refractivity contribution in [1.82, 2.24) is 9.62 Å². The molecule has 1 fully saturated rings. The molecule has 0 radical (unpaired) electrons. The first kappa shape index (κ1) is 20.2. The van der Waals surface area contributed by atoms with E-state index in [9.17, 15) is 21.6 Å². The highest BCUT2D eigenvalue weighted by atomic mass is 35.5. The summed E-state index contributed by atoms with van der Waals surface area (Å²) in [5.41, 5.74) is -0.946. The van der Waals surface area contributed by atoms with Crippen molar-refractivity contribution in [2.75, 3.05) is 26.7 Å². The van der Waals surface area contributed by atoms with Crippen LogP contribution in [0.3, 0.4) is 0 Å². The van der Waals surface area contributed by atoms with E-state index in [0.29, 0.717) is 37.9 Å². The van der Waals surface area contributed by atoms with Crippen molar-refractivity contribution >= 4 is 22.4 Å². The largest absolute Gasteiger partial charge is 0.416 e. The van der Waals surface area contributed by atoms with Crippen molar-refractivity contribution in [3.05, 3.63) is 29.8 Å². The van der Waals surface area contributed by atoms with Gasteiger partial charge in [0, 0.05) is 13.1 Å². The highest BCUT2D eigenvalue weighted by molar-refractivity contribution is 7.89. The lowest BCUT2D eigenvalue weighted by atomic mass is 9.98. The fourth-order valence-corrected chi connectivity index (χ4v) is 4.14. The summed E-state index contributed by atoms with van der Waals surface area (Å²) in [5, 5.41) is 3.05. The molecule has 0 saturated carbocycles. The average Bonchev–Trinajstić information content (AvgIpc) is 2.47. The molecule has 1 heterocycles. The van der Waals surface area contributed by atoms with E-state index in [2.05, 4.69) is 5.32 Å². The second-order valence-electron chi connectivity index (χ2n) is 5.43. The molecule has 2 rings (SSSR count). The summed E-state index contributed by atoms with van der Waals surface area (Å²) in [6, 6.07) is 3.92. The van der Waals surface area contributed by atoms with Crippen LogP contribution in [-0.4, -0.2) is 39.4 Å². The van der Waals surface area contributed by atoms with Crippen molar-refractivity contribution in [3.63, 3.8) is 0 Å². The lowest BCUT2D eigenvalue weighted by Crippen LogP contribution is -2.40. The van der Waals surface area contributed by atoms with E-state index in [1.807, 2.05) is 7.05 Å². The maximum absolute atomic E-state index is 12.7. The SMILES string of the molecule is CNCC1CCN(S(=O)(=O)c2cccc(C(F)(F)F)c2)CC1.Cl. The minimum absolute atomic E-state index is 0. The van der Waals surface area contributed by atoms with Gasteiger partial charge < -0.3 is 5.32 Å². The van der Waals surface area contributed by atoms with Gasteiger partial charge in [-0.05, 0) is 50.6 Å². The molecular formula is C14H20ClF3N2O2S. The van der Waals surface area contributed by atoms with Gasteiger partial charge in [0.2, 0.25) is 10.0 Å². The molecular weight excluding hydrogens is 353 g/mol. The zero-order valence-corrected chi connectivity index (χ0v) is 14.3. The first-order chi connectivity index (χ1) is 10.2. The highest BCUT2D eigenvalue weighted by Crippen LogP contribution is 2.31. The predicted molar refractivity (Wildman–Crippen MR) is 84.1 cm³/mol. The minimum atomic E-state index is -4.55. The number of hydrogen-bond acceptors (Lipinski definition) is 3. The molecule has 0 bridgehead atoms. The quantitative estimate of drug-likeness (QED) is 0.884. The molecule has 9 heteroatoms. The molecule has 0 spiro atoms. The lowest BCUT2D eigenvalue weighted by Gasteiger charge is -2.31. The number of hydrogen-bond donors (Lipinski definition) is 1. The number of sulfonamides is 1.